The summed E-state index contributed by atoms with van der Waals surface area (Å²) < 4.78 is 13.6. The number of nitrogens with one attached hydrogen (secondary N) is 1. The van der Waals surface area contributed by atoms with Crippen LogP contribution in [0.5, 0.6) is 0 Å². The van der Waals surface area contributed by atoms with E-state index in [0.717, 1.165) is 6.07 Å². The van der Waals surface area contributed by atoms with Gasteiger partial charge in [0.25, 0.3) is 0 Å². The monoisotopic (exact) mass is 370 g/mol. The molecule has 25 heavy (non-hydrogen) atoms. The molecule has 2 amide bonds. The van der Waals surface area contributed by atoms with Crippen LogP contribution in [0.3, 0.4) is 0 Å². The predicted octanol–water partition coefficient (Wildman–Crippen LogP) is 2.45. The van der Waals surface area contributed by atoms with Crippen LogP contribution in [0.25, 0.3) is 0 Å². The first-order valence-corrected chi connectivity index (χ1v) is 8.26. The smallest absolute Gasteiger partial charge is 0.309 e. The van der Waals surface area contributed by atoms with Crippen LogP contribution in [-0.4, -0.2) is 36.0 Å². The SMILES string of the molecule is CC(C)(CCNC(=O)C1CC(=O)N(c2ccc(Cl)c(F)c2)C1)C(=O)O. The fourth-order valence-corrected chi connectivity index (χ4v) is 2.65. The lowest BCUT2D eigenvalue weighted by Gasteiger charge is -2.20. The Kier molecular flexibility index (Phi) is 5.67. The quantitative estimate of drug-likeness (QED) is 0.805. The molecule has 2 rings (SSSR count). The third-order valence-corrected chi connectivity index (χ3v) is 4.65. The molecule has 0 aromatic heterocycles. The van der Waals surface area contributed by atoms with Gasteiger partial charge >= 0.3 is 5.97 Å². The zero-order valence-corrected chi connectivity index (χ0v) is 14.8. The van der Waals surface area contributed by atoms with Crippen molar-refractivity contribution in [1.82, 2.24) is 5.32 Å². The Bertz CT molecular complexity index is 708. The van der Waals surface area contributed by atoms with Crippen LogP contribution >= 0.6 is 11.6 Å². The second kappa shape index (κ2) is 7.39. The molecule has 0 bridgehead atoms. The van der Waals surface area contributed by atoms with Crippen molar-refractivity contribution < 1.29 is 23.9 Å². The first-order valence-electron chi connectivity index (χ1n) is 7.88. The maximum Gasteiger partial charge on any atom is 0.309 e. The summed E-state index contributed by atoms with van der Waals surface area (Å²) in [5.41, 5.74) is -0.583. The topological polar surface area (TPSA) is 86.7 Å². The number of amides is 2. The molecule has 2 N–H and O–H groups in total. The van der Waals surface area contributed by atoms with Gasteiger partial charge in [0.05, 0.1) is 16.4 Å². The Morgan fingerprint density at radius 1 is 1.44 bits per heavy atom. The highest BCUT2D eigenvalue weighted by molar-refractivity contribution is 6.30. The highest BCUT2D eigenvalue weighted by atomic mass is 35.5. The van der Waals surface area contributed by atoms with Gasteiger partial charge in [0, 0.05) is 25.2 Å². The Hall–Kier alpha value is -2.15. The molecule has 1 aliphatic rings. The molecule has 0 spiro atoms. The number of hydrogen-bond acceptors (Lipinski definition) is 3. The molecule has 1 saturated heterocycles. The first-order chi connectivity index (χ1) is 11.6. The van der Waals surface area contributed by atoms with Crippen LogP contribution in [0.2, 0.25) is 5.02 Å². The van der Waals surface area contributed by atoms with Gasteiger partial charge in [-0.3, -0.25) is 14.4 Å². The normalized spacial score (nSPS) is 17.7. The number of benzene rings is 1. The fourth-order valence-electron chi connectivity index (χ4n) is 2.54. The van der Waals surface area contributed by atoms with E-state index >= 15 is 0 Å². The summed E-state index contributed by atoms with van der Waals surface area (Å²) in [4.78, 5) is 36.7. The number of carbonyl (C=O) groups is 3. The van der Waals surface area contributed by atoms with Crippen molar-refractivity contribution in [3.05, 3.63) is 29.0 Å². The van der Waals surface area contributed by atoms with Crippen molar-refractivity contribution in [1.29, 1.82) is 0 Å². The third-order valence-electron chi connectivity index (χ3n) is 4.34. The highest BCUT2D eigenvalue weighted by Gasteiger charge is 2.35. The molecule has 0 radical (unpaired) electrons. The molecular weight excluding hydrogens is 351 g/mol. The van der Waals surface area contributed by atoms with Crippen LogP contribution in [0, 0.1) is 17.2 Å². The summed E-state index contributed by atoms with van der Waals surface area (Å²) in [7, 11) is 0. The molecule has 1 aromatic carbocycles. The van der Waals surface area contributed by atoms with E-state index in [1.54, 1.807) is 13.8 Å². The average molecular weight is 371 g/mol. The Morgan fingerprint density at radius 3 is 2.72 bits per heavy atom. The van der Waals surface area contributed by atoms with Gasteiger partial charge in [-0.05, 0) is 38.5 Å². The van der Waals surface area contributed by atoms with Gasteiger partial charge in [-0.15, -0.1) is 0 Å². The van der Waals surface area contributed by atoms with Crippen LogP contribution in [0.15, 0.2) is 18.2 Å². The summed E-state index contributed by atoms with van der Waals surface area (Å²) in [5.74, 6) is -2.71. The van der Waals surface area contributed by atoms with E-state index in [1.165, 1.54) is 17.0 Å². The van der Waals surface area contributed by atoms with Crippen molar-refractivity contribution in [3.8, 4) is 0 Å². The number of nitrogens with zero attached hydrogens (tertiary/aromatic N) is 1. The molecule has 1 aliphatic heterocycles. The lowest BCUT2D eigenvalue weighted by molar-refractivity contribution is -0.147. The zero-order chi connectivity index (χ0) is 18.8. The largest absolute Gasteiger partial charge is 0.481 e. The zero-order valence-electron chi connectivity index (χ0n) is 14.0. The summed E-state index contributed by atoms with van der Waals surface area (Å²) in [5, 5.41) is 11.7. The van der Waals surface area contributed by atoms with Gasteiger partial charge < -0.3 is 15.3 Å². The fraction of sp³-hybridized carbons (Fsp3) is 0.471. The number of carboxylic acids is 1. The Morgan fingerprint density at radius 2 is 2.12 bits per heavy atom. The summed E-state index contributed by atoms with van der Waals surface area (Å²) >= 11 is 5.63. The minimum absolute atomic E-state index is 0.0262. The van der Waals surface area contributed by atoms with Crippen LogP contribution < -0.4 is 10.2 Å². The van der Waals surface area contributed by atoms with Crippen molar-refractivity contribution in [2.75, 3.05) is 18.0 Å². The standard InChI is InChI=1S/C17H20ClFN2O4/c1-17(2,16(24)25)5-6-20-15(23)10-7-14(22)21(9-10)11-3-4-12(18)13(19)8-11/h3-4,8,10H,5-7,9H2,1-2H3,(H,20,23)(H,24,25). The van der Waals surface area contributed by atoms with Crippen LogP contribution in [0.1, 0.15) is 26.7 Å². The number of hydrogen-bond donors (Lipinski definition) is 2. The number of halogens is 2. The minimum atomic E-state index is -0.939. The van der Waals surface area contributed by atoms with Gasteiger partial charge in [-0.1, -0.05) is 11.6 Å². The number of rotatable bonds is 6. The molecule has 6 nitrogen and oxygen atoms in total. The van der Waals surface area contributed by atoms with Crippen molar-refractivity contribution >= 4 is 35.1 Å². The molecule has 0 aliphatic carbocycles. The second-order valence-electron chi connectivity index (χ2n) is 6.73. The minimum Gasteiger partial charge on any atom is -0.481 e. The molecule has 1 atom stereocenters. The van der Waals surface area contributed by atoms with Gasteiger partial charge in [-0.25, -0.2) is 4.39 Å². The van der Waals surface area contributed by atoms with Crippen molar-refractivity contribution in [2.24, 2.45) is 11.3 Å². The molecule has 8 heteroatoms. The molecular formula is C17H20ClFN2O4. The summed E-state index contributed by atoms with van der Waals surface area (Å²) in [6.45, 7) is 3.52. The average Bonchev–Trinajstić information content (AvgIpc) is 2.91. The van der Waals surface area contributed by atoms with E-state index in [0.29, 0.717) is 5.69 Å². The Balaban J connectivity index is 1.94. The maximum absolute atomic E-state index is 13.6. The predicted molar refractivity (Wildman–Crippen MR) is 90.9 cm³/mol. The van der Waals surface area contributed by atoms with Gasteiger partial charge in [0.15, 0.2) is 0 Å². The molecule has 1 unspecified atom stereocenters. The number of carboxylic acid groups (broad SMARTS) is 1. The summed E-state index contributed by atoms with van der Waals surface area (Å²) in [6.07, 6.45) is 0.305. The third kappa shape index (κ3) is 4.48. The van der Waals surface area contributed by atoms with Crippen LogP contribution in [0.4, 0.5) is 10.1 Å². The number of carbonyl (C=O) groups excluding carboxylic acids is 2. The van der Waals surface area contributed by atoms with Gasteiger partial charge in [0.1, 0.15) is 5.82 Å². The van der Waals surface area contributed by atoms with E-state index in [2.05, 4.69) is 5.32 Å². The van der Waals surface area contributed by atoms with Gasteiger partial charge in [-0.2, -0.15) is 0 Å². The molecule has 1 fully saturated rings. The summed E-state index contributed by atoms with van der Waals surface area (Å²) in [6, 6.07) is 4.05. The van der Waals surface area contributed by atoms with E-state index in [4.69, 9.17) is 16.7 Å². The Labute approximate surface area is 149 Å². The van der Waals surface area contributed by atoms with E-state index in [-0.39, 0.29) is 42.8 Å². The van der Waals surface area contributed by atoms with E-state index < -0.39 is 23.1 Å². The second-order valence-corrected chi connectivity index (χ2v) is 7.14. The molecule has 0 saturated carbocycles. The first kappa shape index (κ1) is 19.2. The lowest BCUT2D eigenvalue weighted by atomic mass is 9.89. The van der Waals surface area contributed by atoms with Crippen molar-refractivity contribution in [2.45, 2.75) is 26.7 Å². The number of anilines is 1. The lowest BCUT2D eigenvalue weighted by Crippen LogP contribution is -2.36. The number of aliphatic carboxylic acids is 1. The molecule has 1 aromatic rings. The van der Waals surface area contributed by atoms with E-state index in [9.17, 15) is 18.8 Å². The molecule has 136 valence electrons. The molecule has 1 heterocycles. The van der Waals surface area contributed by atoms with Gasteiger partial charge in [0.2, 0.25) is 11.8 Å². The highest BCUT2D eigenvalue weighted by Crippen LogP contribution is 2.28. The maximum atomic E-state index is 13.6. The van der Waals surface area contributed by atoms with Crippen molar-refractivity contribution in [3.63, 3.8) is 0 Å². The van der Waals surface area contributed by atoms with E-state index in [1.807, 2.05) is 0 Å². The van der Waals surface area contributed by atoms with Crippen LogP contribution in [-0.2, 0) is 14.4 Å².